The monoisotopic (exact) mass is 291 g/mol. The Balaban J connectivity index is 2.18. The molecule has 0 fully saturated rings. The van der Waals surface area contributed by atoms with E-state index in [4.69, 9.17) is 10.00 Å². The Morgan fingerprint density at radius 2 is 2.00 bits per heavy atom. The maximum atomic E-state index is 8.98. The Morgan fingerprint density at radius 3 is 2.59 bits per heavy atom. The molecule has 0 spiro atoms. The molecule has 0 atom stereocenters. The van der Waals surface area contributed by atoms with Gasteiger partial charge < -0.3 is 9.64 Å². The summed E-state index contributed by atoms with van der Waals surface area (Å²) in [5.74, 6) is 0.644. The van der Waals surface area contributed by atoms with Gasteiger partial charge in [0.2, 0.25) is 0 Å². The van der Waals surface area contributed by atoms with Gasteiger partial charge in [-0.05, 0) is 42.6 Å². The maximum absolute atomic E-state index is 8.98. The topological polar surface area (TPSA) is 48.6 Å². The molecule has 0 saturated heterocycles. The third kappa shape index (κ3) is 3.74. The summed E-state index contributed by atoms with van der Waals surface area (Å²) in [6, 6.07) is 10.2. The first-order valence-electron chi connectivity index (χ1n) is 6.75. The van der Waals surface area contributed by atoms with E-state index in [1.54, 1.807) is 12.2 Å². The number of allylic oxidation sites excluding steroid dienone is 5. The molecule has 22 heavy (non-hydrogen) atoms. The molecular weight excluding hydrogens is 274 g/mol. The Kier molecular flexibility index (Phi) is 4.94. The number of aliphatic imine (C=N–C) groups is 1. The normalized spacial score (nSPS) is 15.8. The van der Waals surface area contributed by atoms with Crippen LogP contribution < -0.4 is 4.90 Å². The molecule has 0 radical (unpaired) electrons. The van der Waals surface area contributed by atoms with Crippen LogP contribution in [0.4, 0.5) is 5.69 Å². The van der Waals surface area contributed by atoms with Crippen LogP contribution in [0.3, 0.4) is 0 Å². The highest BCUT2D eigenvalue weighted by molar-refractivity contribution is 5.58. The van der Waals surface area contributed by atoms with E-state index in [1.807, 2.05) is 49.3 Å². The molecule has 1 heterocycles. The molecule has 4 heteroatoms. The molecule has 1 aliphatic rings. The fourth-order valence-electron chi connectivity index (χ4n) is 1.91. The SMILES string of the molecule is C=NC(C#N)=C1C=COC(C=Cc2ccc(N(C)C)cc2)=C1. The highest BCUT2D eigenvalue weighted by Crippen LogP contribution is 2.19. The fourth-order valence-corrected chi connectivity index (χ4v) is 1.91. The Labute approximate surface area is 130 Å². The molecule has 0 unspecified atom stereocenters. The first-order valence-corrected chi connectivity index (χ1v) is 6.75. The molecule has 1 aliphatic heterocycles. The largest absolute Gasteiger partial charge is 0.465 e. The number of benzene rings is 1. The van der Waals surface area contributed by atoms with Crippen molar-refractivity contribution in [3.8, 4) is 6.07 Å². The van der Waals surface area contributed by atoms with Crippen LogP contribution in [0.2, 0.25) is 0 Å². The Morgan fingerprint density at radius 1 is 1.27 bits per heavy atom. The minimum absolute atomic E-state index is 0.279. The van der Waals surface area contributed by atoms with E-state index in [0.717, 1.165) is 11.3 Å². The van der Waals surface area contributed by atoms with Crippen molar-refractivity contribution in [3.63, 3.8) is 0 Å². The molecule has 0 aromatic heterocycles. The van der Waals surface area contributed by atoms with Crippen molar-refractivity contribution < 1.29 is 4.74 Å². The summed E-state index contributed by atoms with van der Waals surface area (Å²) < 4.78 is 5.41. The van der Waals surface area contributed by atoms with Gasteiger partial charge in [0, 0.05) is 25.4 Å². The highest BCUT2D eigenvalue weighted by Gasteiger charge is 2.05. The second-order valence-corrected chi connectivity index (χ2v) is 4.86. The van der Waals surface area contributed by atoms with Gasteiger partial charge in [-0.15, -0.1) is 0 Å². The zero-order valence-corrected chi connectivity index (χ0v) is 12.7. The van der Waals surface area contributed by atoms with Crippen LogP contribution in [-0.2, 0) is 4.74 Å². The first kappa shape index (κ1) is 15.3. The van der Waals surface area contributed by atoms with Crippen molar-refractivity contribution in [2.75, 3.05) is 19.0 Å². The van der Waals surface area contributed by atoms with Crippen molar-refractivity contribution in [3.05, 3.63) is 71.3 Å². The summed E-state index contributed by atoms with van der Waals surface area (Å²) in [4.78, 5) is 5.75. The van der Waals surface area contributed by atoms with Crippen molar-refractivity contribution in [1.29, 1.82) is 5.26 Å². The van der Waals surface area contributed by atoms with Gasteiger partial charge in [-0.2, -0.15) is 5.26 Å². The third-order valence-electron chi connectivity index (χ3n) is 3.14. The second kappa shape index (κ2) is 7.09. The van der Waals surface area contributed by atoms with Gasteiger partial charge in [0.1, 0.15) is 17.5 Å². The van der Waals surface area contributed by atoms with E-state index in [2.05, 4.69) is 23.8 Å². The van der Waals surface area contributed by atoms with Crippen LogP contribution in [0, 0.1) is 11.3 Å². The molecule has 0 N–H and O–H groups in total. The minimum atomic E-state index is 0.279. The quantitative estimate of drug-likeness (QED) is 0.628. The second-order valence-electron chi connectivity index (χ2n) is 4.86. The number of anilines is 1. The van der Waals surface area contributed by atoms with Crippen LogP contribution in [0.1, 0.15) is 5.56 Å². The predicted molar refractivity (Wildman–Crippen MR) is 90.3 cm³/mol. The van der Waals surface area contributed by atoms with Crippen LogP contribution in [-0.4, -0.2) is 20.8 Å². The first-order chi connectivity index (χ1) is 10.6. The molecule has 4 nitrogen and oxygen atoms in total. The number of hydrogen-bond acceptors (Lipinski definition) is 4. The highest BCUT2D eigenvalue weighted by atomic mass is 16.5. The van der Waals surface area contributed by atoms with Gasteiger partial charge in [0.05, 0.1) is 6.26 Å². The van der Waals surface area contributed by atoms with Crippen LogP contribution in [0.15, 0.2) is 70.8 Å². The third-order valence-corrected chi connectivity index (χ3v) is 3.14. The Bertz CT molecular complexity index is 714. The van der Waals surface area contributed by atoms with Gasteiger partial charge in [0.25, 0.3) is 0 Å². The molecule has 1 aromatic carbocycles. The average Bonchev–Trinajstić information content (AvgIpc) is 2.55. The Hall–Kier alpha value is -3.06. The molecule has 0 saturated carbocycles. The summed E-state index contributed by atoms with van der Waals surface area (Å²) >= 11 is 0. The van der Waals surface area contributed by atoms with Crippen molar-refractivity contribution in [1.82, 2.24) is 0 Å². The summed E-state index contributed by atoms with van der Waals surface area (Å²) in [5.41, 5.74) is 3.18. The van der Waals surface area contributed by atoms with Crippen LogP contribution >= 0.6 is 0 Å². The van der Waals surface area contributed by atoms with Gasteiger partial charge in [-0.1, -0.05) is 18.2 Å². The lowest BCUT2D eigenvalue weighted by Crippen LogP contribution is -2.07. The molecule has 0 bridgehead atoms. The molecule has 0 amide bonds. The number of rotatable bonds is 4. The summed E-state index contributed by atoms with van der Waals surface area (Å²) in [5, 5.41) is 8.98. The summed E-state index contributed by atoms with van der Waals surface area (Å²) in [6.45, 7) is 3.39. The van der Waals surface area contributed by atoms with E-state index in [9.17, 15) is 0 Å². The van der Waals surface area contributed by atoms with E-state index < -0.39 is 0 Å². The van der Waals surface area contributed by atoms with Crippen molar-refractivity contribution >= 4 is 18.5 Å². The van der Waals surface area contributed by atoms with Crippen LogP contribution in [0.5, 0.6) is 0 Å². The predicted octanol–water partition coefficient (Wildman–Crippen LogP) is 3.67. The lowest BCUT2D eigenvalue weighted by atomic mass is 10.1. The number of hydrogen-bond donors (Lipinski definition) is 0. The van der Waals surface area contributed by atoms with Gasteiger partial charge >= 0.3 is 0 Å². The molecule has 2 rings (SSSR count). The standard InChI is InChI=1S/C18H17N3O/c1-20-18(13-19)15-10-11-22-17(12-15)9-6-14-4-7-16(8-5-14)21(2)3/h4-12H,1H2,2-3H3. The van der Waals surface area contributed by atoms with Gasteiger partial charge in [0.15, 0.2) is 0 Å². The maximum Gasteiger partial charge on any atom is 0.147 e. The molecular formula is C18H17N3O. The van der Waals surface area contributed by atoms with Crippen LogP contribution in [0.25, 0.3) is 6.08 Å². The van der Waals surface area contributed by atoms with Crippen molar-refractivity contribution in [2.45, 2.75) is 0 Å². The average molecular weight is 291 g/mol. The smallest absolute Gasteiger partial charge is 0.147 e. The summed E-state index contributed by atoms with van der Waals surface area (Å²) in [6.07, 6.45) is 8.79. The molecule has 110 valence electrons. The van der Waals surface area contributed by atoms with Crippen molar-refractivity contribution in [2.24, 2.45) is 4.99 Å². The zero-order valence-electron chi connectivity index (χ0n) is 12.7. The van der Waals surface area contributed by atoms with Gasteiger partial charge in [-0.25, -0.2) is 0 Å². The fraction of sp³-hybridized carbons (Fsp3) is 0.111. The lowest BCUT2D eigenvalue weighted by Gasteiger charge is -2.12. The number of nitrogens with zero attached hydrogens (tertiary/aromatic N) is 3. The van der Waals surface area contributed by atoms with E-state index in [0.29, 0.717) is 11.3 Å². The lowest BCUT2D eigenvalue weighted by molar-refractivity contribution is 0.364. The zero-order chi connectivity index (χ0) is 15.9. The van der Waals surface area contributed by atoms with E-state index in [-0.39, 0.29) is 5.70 Å². The minimum Gasteiger partial charge on any atom is -0.465 e. The summed E-state index contributed by atoms with van der Waals surface area (Å²) in [7, 11) is 4.01. The number of ether oxygens (including phenoxy) is 1. The van der Waals surface area contributed by atoms with E-state index in [1.165, 1.54) is 6.26 Å². The van der Waals surface area contributed by atoms with E-state index >= 15 is 0 Å². The van der Waals surface area contributed by atoms with Gasteiger partial charge in [-0.3, -0.25) is 4.99 Å². The molecule has 0 aliphatic carbocycles. The molecule has 1 aromatic rings. The number of nitriles is 1.